The van der Waals surface area contributed by atoms with Gasteiger partial charge in [-0.1, -0.05) is 45.0 Å². The lowest BCUT2D eigenvalue weighted by molar-refractivity contribution is 0.315. The summed E-state index contributed by atoms with van der Waals surface area (Å²) in [6.07, 6.45) is 2.28. The summed E-state index contributed by atoms with van der Waals surface area (Å²) in [5.74, 6) is 0. The highest BCUT2D eigenvalue weighted by Gasteiger charge is 2.12. The van der Waals surface area contributed by atoms with Gasteiger partial charge in [0.05, 0.1) is 0 Å². The highest BCUT2D eigenvalue weighted by atomic mass is 15.1. The summed E-state index contributed by atoms with van der Waals surface area (Å²) in [4.78, 5) is 2.37. The van der Waals surface area contributed by atoms with Crippen LogP contribution in [0, 0.1) is 0 Å². The Balaban J connectivity index is 2.44. The second-order valence-electron chi connectivity index (χ2n) is 6.80. The minimum Gasteiger partial charge on any atom is -0.328 e. The van der Waals surface area contributed by atoms with Gasteiger partial charge in [0.1, 0.15) is 0 Å². The van der Waals surface area contributed by atoms with Crippen LogP contribution in [0.3, 0.4) is 0 Å². The molecule has 2 N–H and O–H groups in total. The summed E-state index contributed by atoms with van der Waals surface area (Å²) >= 11 is 0. The first kappa shape index (κ1) is 16.2. The van der Waals surface area contributed by atoms with E-state index in [1.807, 2.05) is 0 Å². The molecule has 0 aromatic heterocycles. The highest BCUT2D eigenvalue weighted by molar-refractivity contribution is 5.27. The number of benzene rings is 1. The van der Waals surface area contributed by atoms with Crippen molar-refractivity contribution in [3.63, 3.8) is 0 Å². The summed E-state index contributed by atoms with van der Waals surface area (Å²) in [5, 5.41) is 0. The zero-order valence-corrected chi connectivity index (χ0v) is 13.2. The molecule has 2 nitrogen and oxygen atoms in total. The van der Waals surface area contributed by atoms with Crippen LogP contribution in [0.15, 0.2) is 24.3 Å². The Kier molecular flexibility index (Phi) is 6.02. The molecular weight excluding hydrogens is 232 g/mol. The van der Waals surface area contributed by atoms with Gasteiger partial charge in [-0.25, -0.2) is 0 Å². The summed E-state index contributed by atoms with van der Waals surface area (Å²) in [5.41, 5.74) is 8.79. The lowest BCUT2D eigenvalue weighted by Crippen LogP contribution is -2.22. The monoisotopic (exact) mass is 262 g/mol. The molecule has 0 aliphatic rings. The first-order valence-electron chi connectivity index (χ1n) is 7.32. The number of nitrogens with two attached hydrogens (primary N) is 1. The van der Waals surface area contributed by atoms with Gasteiger partial charge in [0, 0.05) is 12.6 Å². The van der Waals surface area contributed by atoms with Crippen molar-refractivity contribution < 1.29 is 0 Å². The molecule has 0 radical (unpaired) electrons. The van der Waals surface area contributed by atoms with Gasteiger partial charge in [-0.05, 0) is 49.9 Å². The fourth-order valence-corrected chi connectivity index (χ4v) is 2.18. The zero-order chi connectivity index (χ0) is 14.5. The lowest BCUT2D eigenvalue weighted by atomic mass is 9.87. The first-order chi connectivity index (χ1) is 8.79. The summed E-state index contributed by atoms with van der Waals surface area (Å²) in [6, 6.07) is 9.33. The van der Waals surface area contributed by atoms with Crippen molar-refractivity contribution in [1.82, 2.24) is 4.90 Å². The number of hydrogen-bond donors (Lipinski definition) is 1. The quantitative estimate of drug-likeness (QED) is 0.849. The van der Waals surface area contributed by atoms with Crippen molar-refractivity contribution in [2.75, 3.05) is 13.6 Å². The molecule has 0 bridgehead atoms. The highest BCUT2D eigenvalue weighted by Crippen LogP contribution is 2.22. The van der Waals surface area contributed by atoms with Gasteiger partial charge in [-0.15, -0.1) is 0 Å². The molecule has 0 aliphatic carbocycles. The molecule has 1 rings (SSSR count). The zero-order valence-electron chi connectivity index (χ0n) is 13.2. The average Bonchev–Trinajstić information content (AvgIpc) is 2.27. The minimum atomic E-state index is 0.238. The molecule has 0 aliphatic heterocycles. The Labute approximate surface area is 119 Å². The van der Waals surface area contributed by atoms with Gasteiger partial charge in [0.15, 0.2) is 0 Å². The molecule has 0 heterocycles. The maximum atomic E-state index is 5.77. The van der Waals surface area contributed by atoms with E-state index in [2.05, 4.69) is 63.9 Å². The van der Waals surface area contributed by atoms with E-state index in [1.165, 1.54) is 17.5 Å². The lowest BCUT2D eigenvalue weighted by Gasteiger charge is -2.21. The van der Waals surface area contributed by atoms with Crippen LogP contribution in [0.5, 0.6) is 0 Å². The molecule has 0 saturated carbocycles. The maximum absolute atomic E-state index is 5.77. The van der Waals surface area contributed by atoms with E-state index in [0.717, 1.165) is 19.5 Å². The van der Waals surface area contributed by atoms with E-state index in [1.54, 1.807) is 0 Å². The second-order valence-corrected chi connectivity index (χ2v) is 6.80. The fraction of sp³-hybridized carbons (Fsp3) is 0.647. The van der Waals surface area contributed by atoms with E-state index in [0.29, 0.717) is 6.04 Å². The predicted octanol–water partition coefficient (Wildman–Crippen LogP) is 3.54. The summed E-state index contributed by atoms with van der Waals surface area (Å²) in [6.45, 7) is 11.0. The summed E-state index contributed by atoms with van der Waals surface area (Å²) in [7, 11) is 2.18. The smallest absolute Gasteiger partial charge is 0.0230 e. The van der Waals surface area contributed by atoms with Crippen molar-refractivity contribution in [3.05, 3.63) is 35.4 Å². The molecule has 0 amide bonds. The molecule has 1 aromatic carbocycles. The molecular formula is C17H30N2. The van der Waals surface area contributed by atoms with Gasteiger partial charge in [-0.3, -0.25) is 0 Å². The number of nitrogens with zero attached hydrogens (tertiary/aromatic N) is 1. The van der Waals surface area contributed by atoms with Crippen LogP contribution in [0.2, 0.25) is 0 Å². The second kappa shape index (κ2) is 7.06. The van der Waals surface area contributed by atoms with Crippen LogP contribution in [-0.4, -0.2) is 24.5 Å². The Morgan fingerprint density at radius 2 is 1.74 bits per heavy atom. The van der Waals surface area contributed by atoms with Crippen molar-refractivity contribution in [3.8, 4) is 0 Å². The standard InChI is InChI=1S/C17H30N2/c1-14(18)7-6-12-19(5)13-15-8-10-16(11-9-15)17(2,3)4/h8-11,14H,6-7,12-13,18H2,1-5H3. The molecule has 2 heteroatoms. The third kappa shape index (κ3) is 6.22. The third-order valence-electron chi connectivity index (χ3n) is 3.47. The van der Waals surface area contributed by atoms with Gasteiger partial charge in [0.2, 0.25) is 0 Å². The molecule has 0 saturated heterocycles. The van der Waals surface area contributed by atoms with Crippen LogP contribution in [0.25, 0.3) is 0 Å². The van der Waals surface area contributed by atoms with Crippen LogP contribution >= 0.6 is 0 Å². The van der Waals surface area contributed by atoms with E-state index in [-0.39, 0.29) is 5.41 Å². The summed E-state index contributed by atoms with van der Waals surface area (Å²) < 4.78 is 0. The van der Waals surface area contributed by atoms with Crippen molar-refractivity contribution in [2.24, 2.45) is 5.73 Å². The Morgan fingerprint density at radius 3 is 2.21 bits per heavy atom. The maximum Gasteiger partial charge on any atom is 0.0230 e. The molecule has 0 fully saturated rings. The van der Waals surface area contributed by atoms with Crippen LogP contribution in [-0.2, 0) is 12.0 Å². The Hall–Kier alpha value is -0.860. The van der Waals surface area contributed by atoms with Crippen LogP contribution in [0.4, 0.5) is 0 Å². The van der Waals surface area contributed by atoms with E-state index in [9.17, 15) is 0 Å². The van der Waals surface area contributed by atoms with E-state index < -0.39 is 0 Å². The van der Waals surface area contributed by atoms with Gasteiger partial charge in [-0.2, -0.15) is 0 Å². The topological polar surface area (TPSA) is 29.3 Å². The molecule has 19 heavy (non-hydrogen) atoms. The third-order valence-corrected chi connectivity index (χ3v) is 3.47. The minimum absolute atomic E-state index is 0.238. The van der Waals surface area contributed by atoms with E-state index >= 15 is 0 Å². The Bertz CT molecular complexity index is 360. The average molecular weight is 262 g/mol. The molecule has 1 unspecified atom stereocenters. The molecule has 0 spiro atoms. The molecule has 108 valence electrons. The fourth-order valence-electron chi connectivity index (χ4n) is 2.18. The number of hydrogen-bond acceptors (Lipinski definition) is 2. The molecule has 1 aromatic rings. The molecule has 1 atom stereocenters. The normalized spacial score (nSPS) is 13.8. The largest absolute Gasteiger partial charge is 0.328 e. The van der Waals surface area contributed by atoms with Gasteiger partial charge in [0.25, 0.3) is 0 Å². The van der Waals surface area contributed by atoms with Crippen LogP contribution < -0.4 is 5.73 Å². The van der Waals surface area contributed by atoms with Crippen molar-refractivity contribution in [2.45, 2.75) is 58.5 Å². The van der Waals surface area contributed by atoms with Gasteiger partial charge < -0.3 is 10.6 Å². The van der Waals surface area contributed by atoms with E-state index in [4.69, 9.17) is 5.73 Å². The SMILES string of the molecule is CC(N)CCCN(C)Cc1ccc(C(C)(C)C)cc1. The number of rotatable bonds is 6. The Morgan fingerprint density at radius 1 is 1.16 bits per heavy atom. The van der Waals surface area contributed by atoms with Crippen molar-refractivity contribution in [1.29, 1.82) is 0 Å². The predicted molar refractivity (Wildman–Crippen MR) is 84.4 cm³/mol. The van der Waals surface area contributed by atoms with Crippen molar-refractivity contribution >= 4 is 0 Å². The van der Waals surface area contributed by atoms with Crippen LogP contribution in [0.1, 0.15) is 51.7 Å². The first-order valence-corrected chi connectivity index (χ1v) is 7.32. The van der Waals surface area contributed by atoms with Gasteiger partial charge >= 0.3 is 0 Å².